The molecule has 0 fully saturated rings. The molecular weight excluding hydrogens is 379 g/mol. The number of carbonyl (C=O) groups is 2. The number of rotatable bonds is 8. The molecule has 0 aliphatic heterocycles. The Morgan fingerprint density at radius 3 is 2.18 bits per heavy atom. The summed E-state index contributed by atoms with van der Waals surface area (Å²) in [5.41, 5.74) is 1.57. The molecule has 0 saturated heterocycles. The van der Waals surface area contributed by atoms with Crippen LogP contribution in [-0.2, 0) is 22.6 Å². The van der Waals surface area contributed by atoms with Crippen molar-refractivity contribution in [1.29, 1.82) is 0 Å². The van der Waals surface area contributed by atoms with Crippen molar-refractivity contribution in [2.24, 2.45) is 0 Å². The van der Waals surface area contributed by atoms with Crippen LogP contribution < -0.4 is 5.32 Å². The number of nitrogens with zero attached hydrogens (tertiary/aromatic N) is 1. The van der Waals surface area contributed by atoms with Gasteiger partial charge in [0.2, 0.25) is 11.8 Å². The van der Waals surface area contributed by atoms with E-state index in [1.807, 2.05) is 13.8 Å². The summed E-state index contributed by atoms with van der Waals surface area (Å²) < 4.78 is 13.2. The smallest absolute Gasteiger partial charge is 0.242 e. The van der Waals surface area contributed by atoms with Gasteiger partial charge in [0.05, 0.1) is 6.42 Å². The lowest BCUT2D eigenvalue weighted by atomic mass is 10.1. The van der Waals surface area contributed by atoms with Crippen LogP contribution in [0.2, 0.25) is 5.02 Å². The molecule has 1 N–H and O–H groups in total. The van der Waals surface area contributed by atoms with E-state index in [1.165, 1.54) is 17.0 Å². The summed E-state index contributed by atoms with van der Waals surface area (Å²) in [6, 6.07) is 12.4. The molecule has 2 rings (SSSR count). The molecule has 0 aliphatic carbocycles. The Bertz CT molecular complexity index is 793. The second kappa shape index (κ2) is 10.2. The number of hydrogen-bond donors (Lipinski definition) is 1. The standard InChI is InChI=1S/C22H26ClFN2O2/c1-4-15(2)25-22(28)16(3)26(14-18-7-11-20(24)12-8-18)21(27)13-17-5-9-19(23)10-6-17/h5-12,15-16H,4,13-14H2,1-3H3,(H,25,28)/t15-,16+/m1/s1. The Labute approximate surface area is 170 Å². The van der Waals surface area contributed by atoms with E-state index in [0.29, 0.717) is 5.02 Å². The largest absolute Gasteiger partial charge is 0.352 e. The van der Waals surface area contributed by atoms with Crippen LogP contribution in [0.5, 0.6) is 0 Å². The van der Waals surface area contributed by atoms with E-state index in [2.05, 4.69) is 5.32 Å². The van der Waals surface area contributed by atoms with Gasteiger partial charge in [-0.2, -0.15) is 0 Å². The molecule has 0 unspecified atom stereocenters. The number of amides is 2. The van der Waals surface area contributed by atoms with E-state index in [4.69, 9.17) is 11.6 Å². The lowest BCUT2D eigenvalue weighted by Crippen LogP contribution is -2.49. The van der Waals surface area contributed by atoms with Gasteiger partial charge in [0.1, 0.15) is 11.9 Å². The molecule has 0 aliphatic rings. The van der Waals surface area contributed by atoms with E-state index >= 15 is 0 Å². The molecule has 0 radical (unpaired) electrons. The highest BCUT2D eigenvalue weighted by Gasteiger charge is 2.26. The van der Waals surface area contributed by atoms with E-state index in [-0.39, 0.29) is 36.6 Å². The predicted molar refractivity (Wildman–Crippen MR) is 109 cm³/mol. The maximum Gasteiger partial charge on any atom is 0.242 e. The Morgan fingerprint density at radius 1 is 1.04 bits per heavy atom. The molecule has 0 aromatic heterocycles. The average molecular weight is 405 g/mol. The number of hydrogen-bond acceptors (Lipinski definition) is 2. The van der Waals surface area contributed by atoms with Gasteiger partial charge in [0.15, 0.2) is 0 Å². The zero-order valence-electron chi connectivity index (χ0n) is 16.4. The van der Waals surface area contributed by atoms with Crippen molar-refractivity contribution in [2.45, 2.75) is 52.2 Å². The minimum absolute atomic E-state index is 0.0222. The van der Waals surface area contributed by atoms with Gasteiger partial charge in [-0.3, -0.25) is 9.59 Å². The van der Waals surface area contributed by atoms with Crippen molar-refractivity contribution in [3.8, 4) is 0 Å². The van der Waals surface area contributed by atoms with Gasteiger partial charge in [-0.05, 0) is 55.7 Å². The van der Waals surface area contributed by atoms with E-state index in [9.17, 15) is 14.0 Å². The second-order valence-electron chi connectivity index (χ2n) is 6.95. The van der Waals surface area contributed by atoms with E-state index < -0.39 is 6.04 Å². The molecule has 0 bridgehead atoms. The molecule has 4 nitrogen and oxygen atoms in total. The first kappa shape index (κ1) is 21.9. The van der Waals surface area contributed by atoms with Crippen LogP contribution in [0.1, 0.15) is 38.3 Å². The van der Waals surface area contributed by atoms with Crippen LogP contribution in [0.4, 0.5) is 4.39 Å². The Balaban J connectivity index is 2.20. The average Bonchev–Trinajstić information content (AvgIpc) is 2.68. The molecule has 0 saturated carbocycles. The lowest BCUT2D eigenvalue weighted by molar-refractivity contribution is -0.140. The molecule has 28 heavy (non-hydrogen) atoms. The van der Waals surface area contributed by atoms with Crippen LogP contribution in [0, 0.1) is 5.82 Å². The summed E-state index contributed by atoms with van der Waals surface area (Å²) in [5.74, 6) is -0.732. The third-order valence-corrected chi connectivity index (χ3v) is 4.96. The van der Waals surface area contributed by atoms with E-state index in [1.54, 1.807) is 43.3 Å². The first-order chi connectivity index (χ1) is 13.3. The highest BCUT2D eigenvalue weighted by molar-refractivity contribution is 6.30. The zero-order valence-corrected chi connectivity index (χ0v) is 17.2. The van der Waals surface area contributed by atoms with Gasteiger partial charge in [0.25, 0.3) is 0 Å². The van der Waals surface area contributed by atoms with Crippen molar-refractivity contribution in [3.05, 3.63) is 70.5 Å². The van der Waals surface area contributed by atoms with Gasteiger partial charge < -0.3 is 10.2 Å². The van der Waals surface area contributed by atoms with Crippen LogP contribution in [0.25, 0.3) is 0 Å². The topological polar surface area (TPSA) is 49.4 Å². The molecule has 0 spiro atoms. The lowest BCUT2D eigenvalue weighted by Gasteiger charge is -2.30. The van der Waals surface area contributed by atoms with Crippen LogP contribution >= 0.6 is 11.6 Å². The predicted octanol–water partition coefficient (Wildman–Crippen LogP) is 4.35. The maximum absolute atomic E-state index is 13.2. The van der Waals surface area contributed by atoms with Crippen LogP contribution in [0.15, 0.2) is 48.5 Å². The van der Waals surface area contributed by atoms with Crippen LogP contribution in [-0.4, -0.2) is 28.8 Å². The quantitative estimate of drug-likeness (QED) is 0.710. The fourth-order valence-electron chi connectivity index (χ4n) is 2.71. The molecule has 6 heteroatoms. The molecule has 2 aromatic rings. The van der Waals surface area contributed by atoms with Crippen molar-refractivity contribution >= 4 is 23.4 Å². The monoisotopic (exact) mass is 404 g/mol. The highest BCUT2D eigenvalue weighted by Crippen LogP contribution is 2.15. The van der Waals surface area contributed by atoms with Crippen molar-refractivity contribution < 1.29 is 14.0 Å². The van der Waals surface area contributed by atoms with Gasteiger partial charge in [0, 0.05) is 17.6 Å². The Morgan fingerprint density at radius 2 is 1.61 bits per heavy atom. The fraction of sp³-hybridized carbons (Fsp3) is 0.364. The summed E-state index contributed by atoms with van der Waals surface area (Å²) in [4.78, 5) is 27.2. The second-order valence-corrected chi connectivity index (χ2v) is 7.38. The van der Waals surface area contributed by atoms with Crippen molar-refractivity contribution in [1.82, 2.24) is 10.2 Å². The Kier molecular flexibility index (Phi) is 8.00. The first-order valence-electron chi connectivity index (χ1n) is 9.39. The summed E-state index contributed by atoms with van der Waals surface area (Å²) in [6.07, 6.45) is 0.953. The molecule has 2 atom stereocenters. The van der Waals surface area contributed by atoms with E-state index in [0.717, 1.165) is 17.5 Å². The summed E-state index contributed by atoms with van der Waals surface area (Å²) in [5, 5.41) is 3.52. The molecule has 150 valence electrons. The number of halogens is 2. The SMILES string of the molecule is CC[C@@H](C)NC(=O)[C@H](C)N(Cc1ccc(F)cc1)C(=O)Cc1ccc(Cl)cc1. The van der Waals surface area contributed by atoms with Crippen LogP contribution in [0.3, 0.4) is 0 Å². The maximum atomic E-state index is 13.2. The van der Waals surface area contributed by atoms with Crippen molar-refractivity contribution in [3.63, 3.8) is 0 Å². The number of nitrogens with one attached hydrogen (secondary N) is 1. The molecule has 0 heterocycles. The molecule has 2 aromatic carbocycles. The normalized spacial score (nSPS) is 12.9. The highest BCUT2D eigenvalue weighted by atomic mass is 35.5. The number of carbonyl (C=O) groups excluding carboxylic acids is 2. The third kappa shape index (κ3) is 6.34. The Hall–Kier alpha value is -2.40. The third-order valence-electron chi connectivity index (χ3n) is 4.70. The summed E-state index contributed by atoms with van der Waals surface area (Å²) in [7, 11) is 0. The summed E-state index contributed by atoms with van der Waals surface area (Å²) >= 11 is 5.91. The zero-order chi connectivity index (χ0) is 20.7. The molecule has 2 amide bonds. The fourth-order valence-corrected chi connectivity index (χ4v) is 2.84. The summed E-state index contributed by atoms with van der Waals surface area (Å²) in [6.45, 7) is 5.84. The number of benzene rings is 2. The van der Waals surface area contributed by atoms with Gasteiger partial charge in [-0.1, -0.05) is 42.8 Å². The minimum Gasteiger partial charge on any atom is -0.352 e. The first-order valence-corrected chi connectivity index (χ1v) is 9.76. The van der Waals surface area contributed by atoms with Crippen molar-refractivity contribution in [2.75, 3.05) is 0 Å². The minimum atomic E-state index is -0.654. The van der Waals surface area contributed by atoms with Gasteiger partial charge in [-0.25, -0.2) is 4.39 Å². The van der Waals surface area contributed by atoms with Gasteiger partial charge in [-0.15, -0.1) is 0 Å². The molecular formula is C22H26ClFN2O2. The van der Waals surface area contributed by atoms with Gasteiger partial charge >= 0.3 is 0 Å².